The number of amides is 1. The fraction of sp³-hybridized carbons (Fsp3) is 0.556. The lowest BCUT2D eigenvalue weighted by atomic mass is 10.0. The molecule has 2 aliphatic rings. The summed E-state index contributed by atoms with van der Waals surface area (Å²) in [7, 11) is 0. The number of nitrogens with zero attached hydrogens (tertiary/aromatic N) is 5. The zero-order chi connectivity index (χ0) is 18.1. The lowest BCUT2D eigenvalue weighted by Crippen LogP contribution is -2.63. The normalized spacial score (nSPS) is 21.6. The Morgan fingerprint density at radius 2 is 2.19 bits per heavy atom. The number of hydrogen-bond donors (Lipinski definition) is 0. The Morgan fingerprint density at radius 3 is 2.92 bits per heavy atom. The maximum Gasteiger partial charge on any atom is 0.246 e. The van der Waals surface area contributed by atoms with Crippen LogP contribution in [0.25, 0.3) is 0 Å². The maximum absolute atomic E-state index is 12.5. The van der Waals surface area contributed by atoms with E-state index in [-0.39, 0.29) is 11.9 Å². The zero-order valence-corrected chi connectivity index (χ0v) is 15.1. The third kappa shape index (κ3) is 3.34. The van der Waals surface area contributed by atoms with E-state index in [4.69, 9.17) is 9.26 Å². The van der Waals surface area contributed by atoms with E-state index in [1.54, 1.807) is 6.20 Å². The standard InChI is InChI=1S/C18H23N5O3/c1-12-14(4-3-5-19-12)8-17(24)22-9-15(10-22)23-6-7-25-11-16(23)18-20-13(2)21-26-18/h3-5,15-16H,6-11H2,1-2H3. The molecule has 0 radical (unpaired) electrons. The number of hydrogen-bond acceptors (Lipinski definition) is 7. The first-order valence-corrected chi connectivity index (χ1v) is 8.94. The molecule has 138 valence electrons. The van der Waals surface area contributed by atoms with Crippen LogP contribution >= 0.6 is 0 Å². The van der Waals surface area contributed by atoms with Gasteiger partial charge in [-0.15, -0.1) is 0 Å². The molecule has 2 aliphatic heterocycles. The van der Waals surface area contributed by atoms with E-state index in [2.05, 4.69) is 20.0 Å². The summed E-state index contributed by atoms with van der Waals surface area (Å²) >= 11 is 0. The summed E-state index contributed by atoms with van der Waals surface area (Å²) in [4.78, 5) is 25.4. The van der Waals surface area contributed by atoms with Crippen LogP contribution in [0.5, 0.6) is 0 Å². The number of carbonyl (C=O) groups excluding carboxylic acids is 1. The van der Waals surface area contributed by atoms with Gasteiger partial charge in [-0.1, -0.05) is 11.2 Å². The highest BCUT2D eigenvalue weighted by Crippen LogP contribution is 2.29. The minimum Gasteiger partial charge on any atom is -0.378 e. The van der Waals surface area contributed by atoms with E-state index in [0.29, 0.717) is 37.4 Å². The molecule has 8 heteroatoms. The van der Waals surface area contributed by atoms with E-state index in [1.165, 1.54) is 0 Å². The van der Waals surface area contributed by atoms with Crippen molar-refractivity contribution in [1.82, 2.24) is 24.9 Å². The van der Waals surface area contributed by atoms with Gasteiger partial charge in [0.25, 0.3) is 0 Å². The van der Waals surface area contributed by atoms with Gasteiger partial charge >= 0.3 is 0 Å². The van der Waals surface area contributed by atoms with Crippen LogP contribution in [0.2, 0.25) is 0 Å². The van der Waals surface area contributed by atoms with E-state index >= 15 is 0 Å². The summed E-state index contributed by atoms with van der Waals surface area (Å²) < 4.78 is 11.0. The largest absolute Gasteiger partial charge is 0.378 e. The van der Waals surface area contributed by atoms with E-state index in [9.17, 15) is 4.79 Å². The molecule has 2 aromatic rings. The minimum atomic E-state index is -0.0345. The van der Waals surface area contributed by atoms with Crippen molar-refractivity contribution in [3.63, 3.8) is 0 Å². The van der Waals surface area contributed by atoms with Crippen LogP contribution in [0, 0.1) is 13.8 Å². The molecule has 2 fully saturated rings. The van der Waals surface area contributed by atoms with Crippen LogP contribution < -0.4 is 0 Å². The summed E-state index contributed by atoms with van der Waals surface area (Å²) in [5.41, 5.74) is 1.91. The molecule has 8 nitrogen and oxygen atoms in total. The number of pyridine rings is 1. The molecule has 4 heterocycles. The van der Waals surface area contributed by atoms with E-state index < -0.39 is 0 Å². The van der Waals surface area contributed by atoms with Crippen molar-refractivity contribution in [1.29, 1.82) is 0 Å². The number of likely N-dealkylation sites (tertiary alicyclic amines) is 1. The van der Waals surface area contributed by atoms with Crippen molar-refractivity contribution < 1.29 is 14.1 Å². The third-order valence-corrected chi connectivity index (χ3v) is 5.14. The van der Waals surface area contributed by atoms with Gasteiger partial charge in [0.15, 0.2) is 5.82 Å². The van der Waals surface area contributed by atoms with Crippen LogP contribution in [-0.2, 0) is 16.0 Å². The first kappa shape index (κ1) is 17.1. The van der Waals surface area contributed by atoms with Gasteiger partial charge in [-0.25, -0.2) is 0 Å². The van der Waals surface area contributed by atoms with Gasteiger partial charge in [-0.2, -0.15) is 4.98 Å². The van der Waals surface area contributed by atoms with Crippen LogP contribution in [0.4, 0.5) is 0 Å². The molecule has 4 rings (SSSR count). The Balaban J connectivity index is 1.37. The van der Waals surface area contributed by atoms with Crippen molar-refractivity contribution in [2.75, 3.05) is 32.8 Å². The first-order valence-electron chi connectivity index (χ1n) is 8.94. The smallest absolute Gasteiger partial charge is 0.246 e. The van der Waals surface area contributed by atoms with Gasteiger partial charge in [0.05, 0.1) is 19.6 Å². The number of morpholine rings is 1. The summed E-state index contributed by atoms with van der Waals surface area (Å²) in [6.07, 6.45) is 2.16. The number of aromatic nitrogens is 3. The Hall–Kier alpha value is -2.32. The van der Waals surface area contributed by atoms with Gasteiger partial charge in [-0.3, -0.25) is 14.7 Å². The average molecular weight is 357 g/mol. The predicted octanol–water partition coefficient (Wildman–Crippen LogP) is 0.908. The molecule has 0 spiro atoms. The van der Waals surface area contributed by atoms with Gasteiger partial charge in [0.1, 0.15) is 6.04 Å². The van der Waals surface area contributed by atoms with Gasteiger partial charge in [-0.05, 0) is 25.5 Å². The quantitative estimate of drug-likeness (QED) is 0.804. The zero-order valence-electron chi connectivity index (χ0n) is 15.1. The highest BCUT2D eigenvalue weighted by molar-refractivity contribution is 5.79. The predicted molar refractivity (Wildman–Crippen MR) is 92.3 cm³/mol. The fourth-order valence-corrected chi connectivity index (χ4v) is 3.56. The summed E-state index contributed by atoms with van der Waals surface area (Å²) in [6, 6.07) is 4.11. The molecule has 0 N–H and O–H groups in total. The number of ether oxygens (including phenoxy) is 1. The lowest BCUT2D eigenvalue weighted by molar-refractivity contribution is -0.142. The Labute approximate surface area is 152 Å². The first-order chi connectivity index (χ1) is 12.6. The van der Waals surface area contributed by atoms with Crippen LogP contribution in [-0.4, -0.2) is 69.7 Å². The summed E-state index contributed by atoms with van der Waals surface area (Å²) in [6.45, 7) is 7.23. The van der Waals surface area contributed by atoms with Crippen molar-refractivity contribution in [2.45, 2.75) is 32.4 Å². The minimum absolute atomic E-state index is 0.0345. The molecule has 2 saturated heterocycles. The fourth-order valence-electron chi connectivity index (χ4n) is 3.56. The van der Waals surface area contributed by atoms with Gasteiger partial charge in [0, 0.05) is 37.6 Å². The Kier molecular flexibility index (Phi) is 4.69. The van der Waals surface area contributed by atoms with Crippen molar-refractivity contribution >= 4 is 5.91 Å². The number of carbonyl (C=O) groups is 1. The second-order valence-electron chi connectivity index (χ2n) is 6.89. The molecule has 0 aliphatic carbocycles. The van der Waals surface area contributed by atoms with E-state index in [0.717, 1.165) is 30.9 Å². The second-order valence-corrected chi connectivity index (χ2v) is 6.89. The molecule has 2 aromatic heterocycles. The molecule has 0 aromatic carbocycles. The Bertz CT molecular complexity index is 787. The van der Waals surface area contributed by atoms with Crippen molar-refractivity contribution in [2.24, 2.45) is 0 Å². The molecule has 0 saturated carbocycles. The molecular formula is C18H23N5O3. The molecule has 0 bridgehead atoms. The third-order valence-electron chi connectivity index (χ3n) is 5.14. The molecule has 1 unspecified atom stereocenters. The maximum atomic E-state index is 12.5. The monoisotopic (exact) mass is 357 g/mol. The van der Waals surface area contributed by atoms with Crippen LogP contribution in [0.15, 0.2) is 22.9 Å². The van der Waals surface area contributed by atoms with Crippen molar-refractivity contribution in [3.05, 3.63) is 41.3 Å². The van der Waals surface area contributed by atoms with E-state index in [1.807, 2.05) is 30.9 Å². The lowest BCUT2D eigenvalue weighted by Gasteiger charge is -2.48. The topological polar surface area (TPSA) is 84.6 Å². The van der Waals surface area contributed by atoms with Crippen LogP contribution in [0.1, 0.15) is 29.0 Å². The average Bonchev–Trinajstić information content (AvgIpc) is 3.02. The van der Waals surface area contributed by atoms with Crippen molar-refractivity contribution in [3.8, 4) is 0 Å². The highest BCUT2D eigenvalue weighted by atomic mass is 16.5. The SMILES string of the molecule is Cc1noc(C2COCCN2C2CN(C(=O)Cc3cccnc3C)C2)n1. The van der Waals surface area contributed by atoms with Crippen LogP contribution in [0.3, 0.4) is 0 Å². The molecule has 1 atom stereocenters. The number of aryl methyl sites for hydroxylation is 2. The van der Waals surface area contributed by atoms with Gasteiger partial charge in [0.2, 0.25) is 11.8 Å². The molecule has 26 heavy (non-hydrogen) atoms. The molecule has 1 amide bonds. The second kappa shape index (κ2) is 7.13. The van der Waals surface area contributed by atoms with Gasteiger partial charge < -0.3 is 14.2 Å². The Morgan fingerprint density at radius 1 is 1.35 bits per heavy atom. The highest BCUT2D eigenvalue weighted by Gasteiger charge is 2.41. The number of rotatable bonds is 4. The summed E-state index contributed by atoms with van der Waals surface area (Å²) in [5, 5.41) is 3.89. The molecular weight excluding hydrogens is 334 g/mol. The summed E-state index contributed by atoms with van der Waals surface area (Å²) in [5.74, 6) is 1.37.